The van der Waals surface area contributed by atoms with Crippen molar-refractivity contribution in [3.63, 3.8) is 0 Å². The average Bonchev–Trinajstić information content (AvgIpc) is 3.33. The number of aliphatic hydroxyl groups is 1. The van der Waals surface area contributed by atoms with Gasteiger partial charge in [-0.05, 0) is 36.5 Å². The van der Waals surface area contributed by atoms with Gasteiger partial charge in [0, 0.05) is 24.1 Å². The van der Waals surface area contributed by atoms with Crippen LogP contribution in [0.3, 0.4) is 0 Å². The molecule has 2 fully saturated rings. The highest BCUT2D eigenvalue weighted by Gasteiger charge is 2.54. The standard InChI is InChI=1S/C17H20N4O6S3/c1-29(24,25)18-5-9-6-28-17-14(9)30(26,27)21-15(20-17)11-13(22)10-7-2-3-8(4-7)12(10)19-16(11)23/h6-8,10,12,18,22H,2-5H2,1H3,(H,19,23)(H,20,21). The molecule has 2 saturated carbocycles. The fourth-order valence-electron chi connectivity index (χ4n) is 5.11. The van der Waals surface area contributed by atoms with Crippen LogP contribution in [-0.2, 0) is 31.4 Å². The summed E-state index contributed by atoms with van der Waals surface area (Å²) < 4.78 is 54.5. The Balaban J connectivity index is 1.52. The Hall–Kier alpha value is -1.96. The SMILES string of the molecule is CS(=O)(=O)NCc1csc2c1S(=O)(=O)N=C(C1=C(O)C3C4CCC(C4)C3NC1=O)N2. The smallest absolute Gasteiger partial charge is 0.287 e. The zero-order chi connectivity index (χ0) is 21.4. The lowest BCUT2D eigenvalue weighted by Gasteiger charge is -2.36. The molecule has 2 aliphatic carbocycles. The van der Waals surface area contributed by atoms with Crippen molar-refractivity contribution in [2.24, 2.45) is 22.2 Å². The predicted molar refractivity (Wildman–Crippen MR) is 110 cm³/mol. The third kappa shape index (κ3) is 3.06. The predicted octanol–water partition coefficient (Wildman–Crippen LogP) is 0.667. The van der Waals surface area contributed by atoms with Crippen molar-refractivity contribution in [3.05, 3.63) is 22.3 Å². The number of nitrogens with zero attached hydrogens (tertiary/aromatic N) is 1. The minimum absolute atomic E-state index is 0.101. The Kier molecular flexibility index (Phi) is 4.34. The van der Waals surface area contributed by atoms with Gasteiger partial charge in [-0.2, -0.15) is 8.42 Å². The van der Waals surface area contributed by atoms with E-state index in [0.717, 1.165) is 36.9 Å². The molecule has 2 bridgehead atoms. The fraction of sp³-hybridized carbons (Fsp3) is 0.529. The molecular weight excluding hydrogens is 452 g/mol. The monoisotopic (exact) mass is 472 g/mol. The molecule has 4 atom stereocenters. The molecule has 10 nitrogen and oxygen atoms in total. The number of sulfonamides is 2. The molecule has 13 heteroatoms. The number of fused-ring (bicyclic) bond motifs is 6. The maximum Gasteiger partial charge on any atom is 0.287 e. The first kappa shape index (κ1) is 20.0. The lowest BCUT2D eigenvalue weighted by molar-refractivity contribution is -0.119. The summed E-state index contributed by atoms with van der Waals surface area (Å²) in [6.45, 7) is -0.197. The van der Waals surface area contributed by atoms with Crippen molar-refractivity contribution >= 4 is 48.1 Å². The molecule has 0 radical (unpaired) electrons. The van der Waals surface area contributed by atoms with Crippen LogP contribution in [0.1, 0.15) is 24.8 Å². The van der Waals surface area contributed by atoms with Crippen molar-refractivity contribution < 1.29 is 26.7 Å². The van der Waals surface area contributed by atoms with Gasteiger partial charge in [-0.3, -0.25) is 4.79 Å². The zero-order valence-electron chi connectivity index (χ0n) is 15.9. The Morgan fingerprint density at radius 1 is 1.33 bits per heavy atom. The van der Waals surface area contributed by atoms with Gasteiger partial charge in [0.15, 0.2) is 5.84 Å². The minimum Gasteiger partial charge on any atom is -0.511 e. The second-order valence-electron chi connectivity index (χ2n) is 8.17. The summed E-state index contributed by atoms with van der Waals surface area (Å²) in [6.07, 6.45) is 3.92. The van der Waals surface area contributed by atoms with Crippen molar-refractivity contribution in [2.75, 3.05) is 11.6 Å². The molecule has 1 aromatic heterocycles. The van der Waals surface area contributed by atoms with E-state index in [1.54, 1.807) is 0 Å². The van der Waals surface area contributed by atoms with Crippen LogP contribution in [0, 0.1) is 17.8 Å². The van der Waals surface area contributed by atoms with Crippen LogP contribution < -0.4 is 15.4 Å². The number of nitrogens with one attached hydrogen (secondary N) is 3. The van der Waals surface area contributed by atoms with Gasteiger partial charge in [0.25, 0.3) is 15.9 Å². The number of carbonyl (C=O) groups excluding carboxylic acids is 1. The lowest BCUT2D eigenvalue weighted by atomic mass is 9.79. The highest BCUT2D eigenvalue weighted by atomic mass is 32.2. The Morgan fingerprint density at radius 3 is 2.80 bits per heavy atom. The molecule has 4 unspecified atom stereocenters. The first-order valence-corrected chi connectivity index (χ1v) is 13.7. The molecule has 1 amide bonds. The van der Waals surface area contributed by atoms with Crippen LogP contribution >= 0.6 is 11.3 Å². The largest absolute Gasteiger partial charge is 0.511 e. The average molecular weight is 473 g/mol. The van der Waals surface area contributed by atoms with Gasteiger partial charge in [-0.1, -0.05) is 0 Å². The molecule has 0 saturated heterocycles. The van der Waals surface area contributed by atoms with E-state index in [4.69, 9.17) is 0 Å². The molecular formula is C17H20N4O6S3. The van der Waals surface area contributed by atoms with E-state index in [1.165, 1.54) is 5.38 Å². The Bertz CT molecular complexity index is 1230. The lowest BCUT2D eigenvalue weighted by Crippen LogP contribution is -2.51. The van der Waals surface area contributed by atoms with E-state index in [-0.39, 0.29) is 57.1 Å². The molecule has 3 heterocycles. The first-order chi connectivity index (χ1) is 14.0. The van der Waals surface area contributed by atoms with Gasteiger partial charge < -0.3 is 15.7 Å². The summed E-state index contributed by atoms with van der Waals surface area (Å²) >= 11 is 1.06. The van der Waals surface area contributed by atoms with Crippen LogP contribution in [0.25, 0.3) is 0 Å². The van der Waals surface area contributed by atoms with Gasteiger partial charge in [-0.25, -0.2) is 13.1 Å². The molecule has 0 spiro atoms. The summed E-state index contributed by atoms with van der Waals surface area (Å²) in [6, 6.07) is -0.119. The Labute approximate surface area is 177 Å². The van der Waals surface area contributed by atoms with E-state index < -0.39 is 26.0 Å². The molecule has 30 heavy (non-hydrogen) atoms. The topological polar surface area (TPSA) is 154 Å². The van der Waals surface area contributed by atoms with Crippen LogP contribution in [-0.4, -0.2) is 46.0 Å². The zero-order valence-corrected chi connectivity index (χ0v) is 18.3. The number of amides is 1. The molecule has 5 rings (SSSR count). The number of hydrogen-bond acceptors (Lipinski definition) is 8. The van der Waals surface area contributed by atoms with Crippen molar-refractivity contribution in [3.8, 4) is 0 Å². The normalized spacial score (nSPS) is 31.6. The molecule has 0 aromatic carbocycles. The number of thiophene rings is 1. The maximum absolute atomic E-state index is 12.9. The third-order valence-corrected chi connectivity index (χ3v) is 9.44. The van der Waals surface area contributed by atoms with Gasteiger partial charge >= 0.3 is 0 Å². The summed E-state index contributed by atoms with van der Waals surface area (Å²) in [4.78, 5) is 12.6. The Morgan fingerprint density at radius 2 is 2.07 bits per heavy atom. The number of anilines is 1. The number of carbonyl (C=O) groups is 1. The highest BCUT2D eigenvalue weighted by Crippen LogP contribution is 2.52. The van der Waals surface area contributed by atoms with Gasteiger partial charge in [-0.15, -0.1) is 15.7 Å². The third-order valence-electron chi connectivity index (χ3n) is 6.29. The number of amidine groups is 1. The molecule has 1 aromatic rings. The summed E-state index contributed by atoms with van der Waals surface area (Å²) in [5, 5.41) is 18.5. The summed E-state index contributed by atoms with van der Waals surface area (Å²) in [5.41, 5.74) is 0.123. The van der Waals surface area contributed by atoms with Gasteiger partial charge in [0.2, 0.25) is 10.0 Å². The van der Waals surface area contributed by atoms with Crippen molar-refractivity contribution in [1.29, 1.82) is 0 Å². The fourth-order valence-corrected chi connectivity index (χ4v) is 8.14. The minimum atomic E-state index is -4.20. The summed E-state index contributed by atoms with van der Waals surface area (Å²) in [5.74, 6) is -0.460. The first-order valence-electron chi connectivity index (χ1n) is 9.46. The van der Waals surface area contributed by atoms with Crippen molar-refractivity contribution in [2.45, 2.75) is 36.7 Å². The quantitative estimate of drug-likeness (QED) is 0.502. The van der Waals surface area contributed by atoms with Gasteiger partial charge in [0.1, 0.15) is 21.2 Å². The van der Waals surface area contributed by atoms with Crippen LogP contribution in [0.5, 0.6) is 0 Å². The second kappa shape index (κ2) is 6.52. The molecule has 4 N–H and O–H groups in total. The van der Waals surface area contributed by atoms with Gasteiger partial charge in [0.05, 0.1) is 6.26 Å². The van der Waals surface area contributed by atoms with Crippen LogP contribution in [0.4, 0.5) is 5.00 Å². The summed E-state index contributed by atoms with van der Waals surface area (Å²) in [7, 11) is -7.71. The molecule has 2 aliphatic heterocycles. The number of aliphatic hydroxyl groups excluding tert-OH is 1. The van der Waals surface area contributed by atoms with Crippen LogP contribution in [0.2, 0.25) is 0 Å². The second-order valence-corrected chi connectivity index (χ2v) is 12.4. The van der Waals surface area contributed by atoms with E-state index in [0.29, 0.717) is 5.92 Å². The maximum atomic E-state index is 12.9. The van der Waals surface area contributed by atoms with E-state index >= 15 is 0 Å². The molecule has 4 aliphatic rings. The molecule has 162 valence electrons. The number of rotatable bonds is 4. The van der Waals surface area contributed by atoms with Crippen LogP contribution in [0.15, 0.2) is 26.0 Å². The van der Waals surface area contributed by atoms with E-state index in [9.17, 15) is 26.7 Å². The van der Waals surface area contributed by atoms with Crippen molar-refractivity contribution in [1.82, 2.24) is 10.0 Å². The van der Waals surface area contributed by atoms with E-state index in [1.807, 2.05) is 0 Å². The highest BCUT2D eigenvalue weighted by molar-refractivity contribution is 7.91. The number of hydrogen-bond donors (Lipinski definition) is 4. The van der Waals surface area contributed by atoms with E-state index in [2.05, 4.69) is 19.8 Å².